The number of halogens is 2. The monoisotopic (exact) mass is 342 g/mol. The molecule has 0 saturated heterocycles. The van der Waals surface area contributed by atoms with Gasteiger partial charge in [0.25, 0.3) is 0 Å². The van der Waals surface area contributed by atoms with Gasteiger partial charge in [0.1, 0.15) is 0 Å². The number of ketones is 1. The number of rotatable bonds is 4. The maximum absolute atomic E-state index is 13.5. The van der Waals surface area contributed by atoms with E-state index in [1.807, 2.05) is 19.9 Å². The first-order valence-electron chi connectivity index (χ1n) is 5.65. The minimum atomic E-state index is -0.486. The maximum Gasteiger partial charge on any atom is 0.201 e. The van der Waals surface area contributed by atoms with Gasteiger partial charge in [-0.15, -0.1) is 11.3 Å². The van der Waals surface area contributed by atoms with Gasteiger partial charge in [0.05, 0.1) is 0 Å². The summed E-state index contributed by atoms with van der Waals surface area (Å²) in [6.45, 7) is 3.68. The van der Waals surface area contributed by atoms with Gasteiger partial charge in [0.15, 0.2) is 18.2 Å². The molecule has 1 aromatic carbocycles. The summed E-state index contributed by atoms with van der Waals surface area (Å²) in [6.07, 6.45) is 0. The molecule has 0 spiro atoms. The van der Waals surface area contributed by atoms with E-state index in [0.29, 0.717) is 10.0 Å². The smallest absolute Gasteiger partial charge is 0.201 e. The topological polar surface area (TPSA) is 26.3 Å². The molecule has 0 fully saturated rings. The molecule has 2 aromatic rings. The number of ether oxygens (including phenoxy) is 1. The molecule has 0 radical (unpaired) electrons. The third kappa shape index (κ3) is 3.42. The lowest BCUT2D eigenvalue weighted by molar-refractivity contribution is 0.0918. The van der Waals surface area contributed by atoms with E-state index in [1.165, 1.54) is 12.1 Å². The van der Waals surface area contributed by atoms with Crippen molar-refractivity contribution in [3.05, 3.63) is 49.9 Å². The summed E-state index contributed by atoms with van der Waals surface area (Å²) in [4.78, 5) is 14.0. The number of aryl methyl sites for hydroxylation is 2. The number of hydrogen-bond acceptors (Lipinski definition) is 3. The van der Waals surface area contributed by atoms with Gasteiger partial charge in [0, 0.05) is 19.8 Å². The van der Waals surface area contributed by atoms with Crippen LogP contribution in [0.1, 0.15) is 20.1 Å². The number of thiophene rings is 1. The Kier molecular flexibility index (Phi) is 4.37. The maximum atomic E-state index is 13.5. The molecule has 0 saturated carbocycles. The first-order valence-corrected chi connectivity index (χ1v) is 7.26. The molecule has 0 unspecified atom stereocenters. The van der Waals surface area contributed by atoms with Gasteiger partial charge in [-0.2, -0.15) is 0 Å². The van der Waals surface area contributed by atoms with E-state index in [1.54, 1.807) is 17.4 Å². The predicted octanol–water partition coefficient (Wildman–Crippen LogP) is 4.53. The van der Waals surface area contributed by atoms with Gasteiger partial charge in [-0.1, -0.05) is 15.9 Å². The average Bonchev–Trinajstić information content (AvgIpc) is 2.67. The van der Waals surface area contributed by atoms with Gasteiger partial charge in [-0.3, -0.25) is 4.79 Å². The van der Waals surface area contributed by atoms with Gasteiger partial charge in [-0.05, 0) is 38.1 Å². The van der Waals surface area contributed by atoms with Crippen molar-refractivity contribution in [1.82, 2.24) is 0 Å². The molecule has 0 aliphatic carbocycles. The third-order valence-corrected chi connectivity index (χ3v) is 4.05. The molecular weight excluding hydrogens is 331 g/mol. The largest absolute Gasteiger partial charge is 0.482 e. The van der Waals surface area contributed by atoms with Crippen LogP contribution in [0.3, 0.4) is 0 Å². The van der Waals surface area contributed by atoms with Crippen molar-refractivity contribution in [3.63, 3.8) is 0 Å². The molecule has 0 atom stereocenters. The van der Waals surface area contributed by atoms with E-state index in [0.717, 1.165) is 9.75 Å². The molecule has 0 aliphatic rings. The fraction of sp³-hybridized carbons (Fsp3) is 0.214. The number of Topliss-reactive ketones (excluding diaryl/α,β-unsaturated/α-hetero) is 1. The normalized spacial score (nSPS) is 10.5. The second kappa shape index (κ2) is 5.84. The summed E-state index contributed by atoms with van der Waals surface area (Å²) in [5.74, 6) is -0.536. The molecule has 0 aliphatic heterocycles. The molecule has 2 rings (SSSR count). The van der Waals surface area contributed by atoms with Crippen LogP contribution in [0.4, 0.5) is 4.39 Å². The minimum Gasteiger partial charge on any atom is -0.482 e. The van der Waals surface area contributed by atoms with E-state index < -0.39 is 5.82 Å². The lowest BCUT2D eigenvalue weighted by Gasteiger charge is -2.06. The molecule has 100 valence electrons. The molecule has 5 heteroatoms. The summed E-state index contributed by atoms with van der Waals surface area (Å²) >= 11 is 4.73. The lowest BCUT2D eigenvalue weighted by Crippen LogP contribution is -2.12. The molecule has 0 N–H and O–H groups in total. The predicted molar refractivity (Wildman–Crippen MR) is 77.7 cm³/mol. The Morgan fingerprint density at radius 3 is 2.68 bits per heavy atom. The highest BCUT2D eigenvalue weighted by atomic mass is 79.9. The van der Waals surface area contributed by atoms with Gasteiger partial charge >= 0.3 is 0 Å². The molecule has 2 nitrogen and oxygen atoms in total. The Morgan fingerprint density at radius 2 is 2.11 bits per heavy atom. The number of hydrogen-bond donors (Lipinski definition) is 0. The lowest BCUT2D eigenvalue weighted by atomic mass is 10.2. The Balaban J connectivity index is 2.06. The van der Waals surface area contributed by atoms with Crippen molar-refractivity contribution in [3.8, 4) is 5.75 Å². The molecule has 0 bridgehead atoms. The second-order valence-electron chi connectivity index (χ2n) is 4.11. The Labute approximate surface area is 123 Å². The highest BCUT2D eigenvalue weighted by molar-refractivity contribution is 9.10. The molecule has 0 amide bonds. The molecule has 1 aromatic heterocycles. The third-order valence-electron chi connectivity index (χ3n) is 2.59. The van der Waals surface area contributed by atoms with E-state index in [2.05, 4.69) is 15.9 Å². The molecular formula is C14H12BrFO2S. The highest BCUT2D eigenvalue weighted by Gasteiger charge is 2.13. The minimum absolute atomic E-state index is 0.0844. The average molecular weight is 343 g/mol. The van der Waals surface area contributed by atoms with Crippen molar-refractivity contribution < 1.29 is 13.9 Å². The first kappa shape index (κ1) is 14.2. The zero-order valence-electron chi connectivity index (χ0n) is 10.5. The Bertz CT molecular complexity index is 622. The number of carbonyl (C=O) groups is 1. The van der Waals surface area contributed by atoms with Crippen molar-refractivity contribution in [2.75, 3.05) is 6.61 Å². The number of carbonyl (C=O) groups excluding carboxylic acids is 1. The molecule has 19 heavy (non-hydrogen) atoms. The van der Waals surface area contributed by atoms with Crippen LogP contribution in [0, 0.1) is 19.7 Å². The van der Waals surface area contributed by atoms with Gasteiger partial charge in [-0.25, -0.2) is 4.39 Å². The zero-order chi connectivity index (χ0) is 14.0. The summed E-state index contributed by atoms with van der Waals surface area (Å²) in [5.41, 5.74) is 0.653. The van der Waals surface area contributed by atoms with Crippen LogP contribution in [0.15, 0.2) is 28.7 Å². The summed E-state index contributed by atoms with van der Waals surface area (Å²) in [7, 11) is 0. The standard InChI is InChI=1S/C14H12BrFO2S/c1-8-5-11(9(2)19-8)13(17)7-18-14-4-3-10(15)6-12(14)16/h3-6H,7H2,1-2H3. The van der Waals surface area contributed by atoms with Crippen molar-refractivity contribution in [2.24, 2.45) is 0 Å². The molecule has 1 heterocycles. The van der Waals surface area contributed by atoms with Crippen LogP contribution in [0.5, 0.6) is 5.75 Å². The fourth-order valence-corrected chi connectivity index (χ4v) is 3.00. The van der Waals surface area contributed by atoms with Crippen LogP contribution >= 0.6 is 27.3 Å². The SMILES string of the molecule is Cc1cc(C(=O)COc2ccc(Br)cc2F)c(C)s1. The van der Waals surface area contributed by atoms with E-state index in [9.17, 15) is 9.18 Å². The number of benzene rings is 1. The highest BCUT2D eigenvalue weighted by Crippen LogP contribution is 2.23. The van der Waals surface area contributed by atoms with Gasteiger partial charge in [0.2, 0.25) is 5.78 Å². The van der Waals surface area contributed by atoms with E-state index in [-0.39, 0.29) is 18.1 Å². The summed E-state index contributed by atoms with van der Waals surface area (Å²) in [6, 6.07) is 6.31. The Hall–Kier alpha value is -1.20. The quantitative estimate of drug-likeness (QED) is 0.763. The summed E-state index contributed by atoms with van der Waals surface area (Å²) < 4.78 is 19.4. The van der Waals surface area contributed by atoms with Crippen molar-refractivity contribution in [2.45, 2.75) is 13.8 Å². The fourth-order valence-electron chi connectivity index (χ4n) is 1.72. The van der Waals surface area contributed by atoms with Crippen LogP contribution < -0.4 is 4.74 Å². The summed E-state index contributed by atoms with van der Waals surface area (Å²) in [5, 5.41) is 0. The second-order valence-corrected chi connectivity index (χ2v) is 6.49. The first-order chi connectivity index (χ1) is 8.97. The van der Waals surface area contributed by atoms with E-state index >= 15 is 0 Å². The van der Waals surface area contributed by atoms with Crippen LogP contribution in [-0.4, -0.2) is 12.4 Å². The van der Waals surface area contributed by atoms with Crippen molar-refractivity contribution in [1.29, 1.82) is 0 Å². The van der Waals surface area contributed by atoms with E-state index in [4.69, 9.17) is 4.74 Å². The van der Waals surface area contributed by atoms with Crippen LogP contribution in [0.2, 0.25) is 0 Å². The Morgan fingerprint density at radius 1 is 1.37 bits per heavy atom. The van der Waals surface area contributed by atoms with Crippen LogP contribution in [0.25, 0.3) is 0 Å². The van der Waals surface area contributed by atoms with Gasteiger partial charge < -0.3 is 4.74 Å². The zero-order valence-corrected chi connectivity index (χ0v) is 12.9. The van der Waals surface area contributed by atoms with Crippen LogP contribution in [-0.2, 0) is 0 Å². The van der Waals surface area contributed by atoms with Crippen molar-refractivity contribution >= 4 is 33.0 Å².